The highest BCUT2D eigenvalue weighted by atomic mass is 32.1. The molecule has 0 bridgehead atoms. The molecular formula is C21H33N3O4SSi. The number of fused-ring (bicyclic) bond motifs is 1. The van der Waals surface area contributed by atoms with Crippen LogP contribution in [0.25, 0.3) is 4.83 Å². The van der Waals surface area contributed by atoms with Crippen LogP contribution in [0, 0.1) is 18.3 Å². The van der Waals surface area contributed by atoms with Crippen LogP contribution >= 0.6 is 11.3 Å². The fraction of sp³-hybridized carbons (Fsp3) is 0.619. The summed E-state index contributed by atoms with van der Waals surface area (Å²) in [6.45, 7) is 16.4. The van der Waals surface area contributed by atoms with Gasteiger partial charge in [-0.25, -0.2) is 9.78 Å². The second kappa shape index (κ2) is 8.82. The molecule has 0 aliphatic carbocycles. The van der Waals surface area contributed by atoms with Gasteiger partial charge in [-0.3, -0.25) is 9.30 Å². The zero-order valence-electron chi connectivity index (χ0n) is 18.7. The van der Waals surface area contributed by atoms with Gasteiger partial charge in [0.15, 0.2) is 9.04 Å². The fourth-order valence-corrected chi connectivity index (χ4v) is 6.21. The lowest BCUT2D eigenvalue weighted by atomic mass is 9.78. The van der Waals surface area contributed by atoms with Gasteiger partial charge in [-0.05, 0) is 31.9 Å². The van der Waals surface area contributed by atoms with Crippen molar-refractivity contribution < 1.29 is 19.1 Å². The van der Waals surface area contributed by atoms with Crippen LogP contribution in [-0.4, -0.2) is 53.4 Å². The zero-order chi connectivity index (χ0) is 22.2. The maximum Gasteiger partial charge on any atom is 0.412 e. The second-order valence-corrected chi connectivity index (χ2v) is 12.7. The van der Waals surface area contributed by atoms with Gasteiger partial charge in [0, 0.05) is 11.6 Å². The molecule has 1 fully saturated rings. The Morgan fingerprint density at radius 1 is 1.50 bits per heavy atom. The van der Waals surface area contributed by atoms with Crippen LogP contribution in [0.5, 0.6) is 0 Å². The van der Waals surface area contributed by atoms with Crippen LogP contribution in [-0.2, 0) is 9.16 Å². The van der Waals surface area contributed by atoms with Crippen LogP contribution in [0.1, 0.15) is 43.9 Å². The van der Waals surface area contributed by atoms with Gasteiger partial charge in [0.2, 0.25) is 0 Å². The molecule has 1 N–H and O–H groups in total. The summed E-state index contributed by atoms with van der Waals surface area (Å²) in [7, 11) is -1.46. The fourth-order valence-electron chi connectivity index (χ4n) is 4.18. The molecule has 2 unspecified atom stereocenters. The van der Waals surface area contributed by atoms with Crippen LogP contribution < -0.4 is 0 Å². The van der Waals surface area contributed by atoms with Crippen molar-refractivity contribution in [3.05, 3.63) is 35.8 Å². The molecule has 7 nitrogen and oxygen atoms in total. The SMILES string of the molecule is C=CCOC(=O)N1C(O[SiH](C)C)[C@@H](C(C)(C)C)C[C@H]1C(O)c1sc2cncn2c1C. The third-order valence-corrected chi connectivity index (χ3v) is 7.79. The van der Waals surface area contributed by atoms with E-state index >= 15 is 0 Å². The predicted molar refractivity (Wildman–Crippen MR) is 121 cm³/mol. The lowest BCUT2D eigenvalue weighted by Crippen LogP contribution is -2.48. The minimum absolute atomic E-state index is 0.0798. The number of thiazole rings is 1. The topological polar surface area (TPSA) is 76.3 Å². The van der Waals surface area contributed by atoms with E-state index in [9.17, 15) is 9.90 Å². The summed E-state index contributed by atoms with van der Waals surface area (Å²) >= 11 is 1.50. The van der Waals surface area contributed by atoms with Crippen LogP contribution in [0.3, 0.4) is 0 Å². The Kier molecular flexibility index (Phi) is 6.76. The number of ether oxygens (including phenoxy) is 1. The third kappa shape index (κ3) is 4.34. The van der Waals surface area contributed by atoms with E-state index in [0.29, 0.717) is 6.42 Å². The number of hydrogen-bond donors (Lipinski definition) is 1. The molecule has 3 rings (SSSR count). The number of imidazole rings is 1. The van der Waals surface area contributed by atoms with Crippen molar-refractivity contribution in [3.8, 4) is 0 Å². The molecule has 30 heavy (non-hydrogen) atoms. The summed E-state index contributed by atoms with van der Waals surface area (Å²) in [5.41, 5.74) is 0.843. The van der Waals surface area contributed by atoms with Gasteiger partial charge in [0.25, 0.3) is 0 Å². The molecule has 1 aliphatic rings. The Morgan fingerprint density at radius 2 is 2.20 bits per heavy atom. The van der Waals surface area contributed by atoms with Crippen molar-refractivity contribution in [3.63, 3.8) is 0 Å². The molecule has 1 saturated heterocycles. The van der Waals surface area contributed by atoms with Gasteiger partial charge in [-0.1, -0.05) is 33.4 Å². The van der Waals surface area contributed by atoms with Gasteiger partial charge in [0.1, 0.15) is 30.1 Å². The van der Waals surface area contributed by atoms with Crippen molar-refractivity contribution >= 4 is 31.3 Å². The van der Waals surface area contributed by atoms with Crippen LogP contribution in [0.4, 0.5) is 4.79 Å². The summed E-state index contributed by atoms with van der Waals surface area (Å²) in [4.78, 5) is 20.7. The summed E-state index contributed by atoms with van der Waals surface area (Å²) < 4.78 is 13.8. The average Bonchev–Trinajstić information content (AvgIpc) is 3.33. The number of likely N-dealkylation sites (tertiary alicyclic amines) is 1. The van der Waals surface area contributed by atoms with Crippen molar-refractivity contribution in [1.29, 1.82) is 0 Å². The normalized spacial score (nSPS) is 23.3. The van der Waals surface area contributed by atoms with Gasteiger partial charge < -0.3 is 14.3 Å². The molecule has 3 heterocycles. The molecule has 0 aromatic carbocycles. The van der Waals surface area contributed by atoms with Crippen molar-refractivity contribution in [2.24, 2.45) is 11.3 Å². The summed E-state index contributed by atoms with van der Waals surface area (Å²) in [5, 5.41) is 11.5. The number of aryl methyl sites for hydroxylation is 1. The first kappa shape index (κ1) is 23.0. The Bertz CT molecular complexity index is 904. The molecule has 0 spiro atoms. The second-order valence-electron chi connectivity index (χ2n) is 9.22. The minimum Gasteiger partial charge on any atom is -0.445 e. The third-order valence-electron chi connectivity index (χ3n) is 5.70. The lowest BCUT2D eigenvalue weighted by Gasteiger charge is -2.36. The summed E-state index contributed by atoms with van der Waals surface area (Å²) in [6.07, 6.45) is 4.01. The number of carbonyl (C=O) groups excluding carboxylic acids is 1. The number of rotatable bonds is 6. The van der Waals surface area contributed by atoms with E-state index in [1.54, 1.807) is 23.5 Å². The van der Waals surface area contributed by atoms with E-state index in [-0.39, 0.29) is 17.9 Å². The first-order chi connectivity index (χ1) is 14.1. The first-order valence-corrected chi connectivity index (χ1v) is 14.0. The molecule has 1 aliphatic heterocycles. The smallest absolute Gasteiger partial charge is 0.412 e. The van der Waals surface area contributed by atoms with Crippen molar-refractivity contribution in [2.75, 3.05) is 6.61 Å². The number of aliphatic hydroxyl groups excluding tert-OH is 1. The quantitative estimate of drug-likeness (QED) is 0.528. The van der Waals surface area contributed by atoms with E-state index in [2.05, 4.69) is 45.4 Å². The Hall–Kier alpha value is -1.68. The minimum atomic E-state index is -1.46. The Morgan fingerprint density at radius 3 is 2.77 bits per heavy atom. The van der Waals surface area contributed by atoms with Crippen LogP contribution in [0.2, 0.25) is 13.1 Å². The highest BCUT2D eigenvalue weighted by Crippen LogP contribution is 2.47. The number of hydrogen-bond acceptors (Lipinski definition) is 6. The summed E-state index contributed by atoms with van der Waals surface area (Å²) in [5.74, 6) is 0.0798. The van der Waals surface area contributed by atoms with Gasteiger partial charge >= 0.3 is 6.09 Å². The maximum absolute atomic E-state index is 13.1. The molecule has 0 radical (unpaired) electrons. The predicted octanol–water partition coefficient (Wildman–Crippen LogP) is 4.12. The number of nitrogens with zero attached hydrogens (tertiary/aromatic N) is 3. The van der Waals surface area contributed by atoms with Gasteiger partial charge in [0.05, 0.1) is 17.1 Å². The molecule has 2 aromatic heterocycles. The molecule has 2 aromatic rings. The van der Waals surface area contributed by atoms with Crippen LogP contribution in [0.15, 0.2) is 25.2 Å². The largest absolute Gasteiger partial charge is 0.445 e. The standard InChI is InChI=1S/C21H33N3O4SSi/c1-8-9-27-20(26)24-15(10-14(21(3,4)5)19(24)28-30(6)7)17(25)18-13(2)23-12-22-11-16(23)29-18/h8,11-12,14-15,17,19,25,30H,1,9-10H2,2-7H3/t14-,15-,17?,19?/m0/s1. The Labute approximate surface area is 184 Å². The number of amides is 1. The van der Waals surface area contributed by atoms with Gasteiger partial charge in [-0.15, -0.1) is 11.3 Å². The highest BCUT2D eigenvalue weighted by Gasteiger charge is 2.52. The van der Waals surface area contributed by atoms with Crippen molar-refractivity contribution in [2.45, 2.75) is 65.6 Å². The molecule has 166 valence electrons. The van der Waals surface area contributed by atoms with Crippen molar-refractivity contribution in [1.82, 2.24) is 14.3 Å². The van der Waals surface area contributed by atoms with E-state index in [1.807, 2.05) is 11.3 Å². The number of carbonyl (C=O) groups is 1. The van der Waals surface area contributed by atoms with E-state index < -0.39 is 33.5 Å². The molecule has 9 heteroatoms. The Balaban J connectivity index is 2.01. The number of aliphatic hydroxyl groups is 1. The summed E-state index contributed by atoms with van der Waals surface area (Å²) in [6, 6.07) is -0.431. The first-order valence-electron chi connectivity index (χ1n) is 10.4. The monoisotopic (exact) mass is 451 g/mol. The van der Waals surface area contributed by atoms with Gasteiger partial charge in [-0.2, -0.15) is 0 Å². The number of aromatic nitrogens is 2. The lowest BCUT2D eigenvalue weighted by molar-refractivity contribution is -0.0293. The zero-order valence-corrected chi connectivity index (χ0v) is 20.6. The molecular weight excluding hydrogens is 418 g/mol. The van der Waals surface area contributed by atoms with E-state index in [0.717, 1.165) is 15.4 Å². The van der Waals surface area contributed by atoms with E-state index in [4.69, 9.17) is 9.16 Å². The molecule has 1 amide bonds. The highest BCUT2D eigenvalue weighted by molar-refractivity contribution is 7.17. The molecule has 4 atom stereocenters. The average molecular weight is 452 g/mol. The van der Waals surface area contributed by atoms with E-state index in [1.165, 1.54) is 11.3 Å². The molecule has 0 saturated carbocycles. The maximum atomic E-state index is 13.1.